The number of methoxy groups -OCH3 is 1. The molecule has 4 heteroatoms. The Morgan fingerprint density at radius 3 is 2.84 bits per heavy atom. The molecule has 0 aliphatic heterocycles. The third-order valence-corrected chi connectivity index (χ3v) is 3.33. The van der Waals surface area contributed by atoms with E-state index < -0.39 is 0 Å². The van der Waals surface area contributed by atoms with E-state index in [1.54, 1.807) is 7.11 Å². The van der Waals surface area contributed by atoms with E-state index >= 15 is 0 Å². The van der Waals surface area contributed by atoms with E-state index in [2.05, 4.69) is 27.9 Å². The smallest absolute Gasteiger partial charge is 0.123 e. The van der Waals surface area contributed by atoms with Crippen molar-refractivity contribution in [2.45, 2.75) is 26.4 Å². The van der Waals surface area contributed by atoms with Crippen LogP contribution in [0.1, 0.15) is 24.4 Å². The third-order valence-electron chi connectivity index (χ3n) is 3.33. The summed E-state index contributed by atoms with van der Waals surface area (Å²) in [5.41, 5.74) is 1.19. The van der Waals surface area contributed by atoms with Crippen LogP contribution in [0, 0.1) is 6.92 Å². The summed E-state index contributed by atoms with van der Waals surface area (Å²) in [4.78, 5) is 4.22. The second-order valence-electron chi connectivity index (χ2n) is 4.59. The number of imidazole rings is 1. The molecule has 0 spiro atoms. The number of hydrogen-bond acceptors (Lipinski definition) is 3. The number of nitrogens with zero attached hydrogens (tertiary/aromatic N) is 2. The summed E-state index contributed by atoms with van der Waals surface area (Å²) in [7, 11) is 1.71. The predicted octanol–water partition coefficient (Wildman–Crippen LogP) is 2.55. The van der Waals surface area contributed by atoms with E-state index in [-0.39, 0.29) is 6.04 Å². The first-order valence-corrected chi connectivity index (χ1v) is 6.56. The van der Waals surface area contributed by atoms with Crippen LogP contribution >= 0.6 is 0 Å². The van der Waals surface area contributed by atoms with Crippen LogP contribution in [-0.2, 0) is 6.54 Å². The molecule has 1 aromatic heterocycles. The number of benzene rings is 1. The van der Waals surface area contributed by atoms with E-state index in [4.69, 9.17) is 4.74 Å². The molecule has 0 fully saturated rings. The zero-order chi connectivity index (χ0) is 13.7. The normalized spacial score (nSPS) is 12.4. The zero-order valence-electron chi connectivity index (χ0n) is 11.8. The van der Waals surface area contributed by atoms with Gasteiger partial charge in [0.25, 0.3) is 0 Å². The lowest BCUT2D eigenvalue weighted by molar-refractivity contribution is 0.400. The van der Waals surface area contributed by atoms with Crippen LogP contribution in [0.5, 0.6) is 5.75 Å². The molecular formula is C15H21N3O. The molecule has 102 valence electrons. The van der Waals surface area contributed by atoms with E-state index in [1.807, 2.05) is 37.5 Å². The summed E-state index contributed by atoms with van der Waals surface area (Å²) < 4.78 is 7.52. The molecule has 0 aliphatic carbocycles. The molecule has 4 nitrogen and oxygen atoms in total. The van der Waals surface area contributed by atoms with Gasteiger partial charge in [-0.25, -0.2) is 4.98 Å². The quantitative estimate of drug-likeness (QED) is 0.866. The molecule has 0 aliphatic rings. The number of aromatic nitrogens is 2. The average Bonchev–Trinajstić information content (AvgIpc) is 2.84. The van der Waals surface area contributed by atoms with Crippen LogP contribution in [0.25, 0.3) is 0 Å². The minimum atomic E-state index is 0.264. The third kappa shape index (κ3) is 3.35. The predicted molar refractivity (Wildman–Crippen MR) is 76.4 cm³/mol. The highest BCUT2D eigenvalue weighted by Crippen LogP contribution is 2.23. The molecular weight excluding hydrogens is 238 g/mol. The van der Waals surface area contributed by atoms with Gasteiger partial charge in [-0.3, -0.25) is 0 Å². The molecule has 2 aromatic rings. The van der Waals surface area contributed by atoms with Crippen molar-refractivity contribution in [3.05, 3.63) is 48.0 Å². The van der Waals surface area contributed by atoms with E-state index in [1.165, 1.54) is 5.56 Å². The van der Waals surface area contributed by atoms with Crippen molar-refractivity contribution in [2.75, 3.05) is 13.7 Å². The van der Waals surface area contributed by atoms with Crippen LogP contribution < -0.4 is 10.1 Å². The molecule has 0 bridgehead atoms. The summed E-state index contributed by atoms with van der Waals surface area (Å²) in [5, 5.41) is 3.51. The van der Waals surface area contributed by atoms with Gasteiger partial charge < -0.3 is 14.6 Å². The number of rotatable bonds is 6. The van der Waals surface area contributed by atoms with Gasteiger partial charge in [-0.15, -0.1) is 0 Å². The van der Waals surface area contributed by atoms with Crippen molar-refractivity contribution >= 4 is 0 Å². The average molecular weight is 259 g/mol. The van der Waals surface area contributed by atoms with Gasteiger partial charge >= 0.3 is 0 Å². The first-order valence-electron chi connectivity index (χ1n) is 6.56. The van der Waals surface area contributed by atoms with Gasteiger partial charge in [0.1, 0.15) is 11.6 Å². The molecule has 0 unspecified atom stereocenters. The highest BCUT2D eigenvalue weighted by molar-refractivity contribution is 5.35. The summed E-state index contributed by atoms with van der Waals surface area (Å²) >= 11 is 0. The van der Waals surface area contributed by atoms with E-state index in [0.717, 1.165) is 24.7 Å². The Balaban J connectivity index is 1.91. The Morgan fingerprint density at radius 1 is 1.37 bits per heavy atom. The minimum Gasteiger partial charge on any atom is -0.496 e. The van der Waals surface area contributed by atoms with Crippen LogP contribution in [0.3, 0.4) is 0 Å². The SMILES string of the molecule is COc1ccccc1[C@@H](C)NCCn1ccnc1C. The fourth-order valence-corrected chi connectivity index (χ4v) is 2.18. The lowest BCUT2D eigenvalue weighted by Gasteiger charge is -2.17. The Morgan fingerprint density at radius 2 is 2.16 bits per heavy atom. The standard InChI is InChI=1S/C15H21N3O/c1-12(14-6-4-5-7-15(14)19-3)16-8-10-18-11-9-17-13(18)2/h4-7,9,11-12,16H,8,10H2,1-3H3/t12-/m1/s1. The van der Waals surface area contributed by atoms with Crippen molar-refractivity contribution in [3.8, 4) is 5.75 Å². The Hall–Kier alpha value is -1.81. The summed E-state index contributed by atoms with van der Waals surface area (Å²) in [5.74, 6) is 1.98. The van der Waals surface area contributed by atoms with Gasteiger partial charge in [0.15, 0.2) is 0 Å². The maximum atomic E-state index is 5.38. The fraction of sp³-hybridized carbons (Fsp3) is 0.400. The van der Waals surface area contributed by atoms with Crippen molar-refractivity contribution < 1.29 is 4.74 Å². The maximum Gasteiger partial charge on any atom is 0.123 e. The van der Waals surface area contributed by atoms with Gasteiger partial charge in [0.2, 0.25) is 0 Å². The Labute approximate surface area is 114 Å². The molecule has 0 radical (unpaired) electrons. The van der Waals surface area contributed by atoms with Crippen molar-refractivity contribution in [1.82, 2.24) is 14.9 Å². The van der Waals surface area contributed by atoms with Gasteiger partial charge in [-0.05, 0) is 19.9 Å². The number of para-hydroxylation sites is 1. The van der Waals surface area contributed by atoms with Crippen LogP contribution in [0.15, 0.2) is 36.7 Å². The lowest BCUT2D eigenvalue weighted by atomic mass is 10.1. The largest absolute Gasteiger partial charge is 0.496 e. The number of ether oxygens (including phenoxy) is 1. The van der Waals surface area contributed by atoms with Crippen molar-refractivity contribution in [1.29, 1.82) is 0 Å². The molecule has 0 saturated carbocycles. The molecule has 19 heavy (non-hydrogen) atoms. The fourth-order valence-electron chi connectivity index (χ4n) is 2.18. The van der Waals surface area contributed by atoms with E-state index in [9.17, 15) is 0 Å². The van der Waals surface area contributed by atoms with Crippen LogP contribution in [0.4, 0.5) is 0 Å². The number of nitrogens with one attached hydrogen (secondary N) is 1. The van der Waals surface area contributed by atoms with Crippen LogP contribution in [0.2, 0.25) is 0 Å². The molecule has 1 heterocycles. The van der Waals surface area contributed by atoms with E-state index in [0.29, 0.717) is 0 Å². The first kappa shape index (κ1) is 13.6. The van der Waals surface area contributed by atoms with Gasteiger partial charge in [0.05, 0.1) is 7.11 Å². The Kier molecular flexibility index (Phi) is 4.58. The first-order chi connectivity index (χ1) is 9.22. The number of hydrogen-bond donors (Lipinski definition) is 1. The monoisotopic (exact) mass is 259 g/mol. The molecule has 0 amide bonds. The number of aryl methyl sites for hydroxylation is 1. The summed E-state index contributed by atoms with van der Waals surface area (Å²) in [6, 6.07) is 8.38. The van der Waals surface area contributed by atoms with Gasteiger partial charge in [-0.2, -0.15) is 0 Å². The zero-order valence-corrected chi connectivity index (χ0v) is 11.8. The molecule has 1 N–H and O–H groups in total. The lowest BCUT2D eigenvalue weighted by Crippen LogP contribution is -2.23. The van der Waals surface area contributed by atoms with Gasteiger partial charge in [-0.1, -0.05) is 18.2 Å². The topological polar surface area (TPSA) is 39.1 Å². The summed E-state index contributed by atoms with van der Waals surface area (Å²) in [6.45, 7) is 5.99. The molecule has 1 atom stereocenters. The van der Waals surface area contributed by atoms with Crippen molar-refractivity contribution in [3.63, 3.8) is 0 Å². The minimum absolute atomic E-state index is 0.264. The Bertz CT molecular complexity index is 522. The molecule has 1 aromatic carbocycles. The highest BCUT2D eigenvalue weighted by atomic mass is 16.5. The molecule has 0 saturated heterocycles. The second kappa shape index (κ2) is 6.38. The van der Waals surface area contributed by atoms with Crippen molar-refractivity contribution in [2.24, 2.45) is 0 Å². The second-order valence-corrected chi connectivity index (χ2v) is 4.59. The van der Waals surface area contributed by atoms with Gasteiger partial charge in [0, 0.05) is 37.1 Å². The van der Waals surface area contributed by atoms with Crippen LogP contribution in [-0.4, -0.2) is 23.2 Å². The maximum absolute atomic E-state index is 5.38. The summed E-state index contributed by atoms with van der Waals surface area (Å²) in [6.07, 6.45) is 3.84. The highest BCUT2D eigenvalue weighted by Gasteiger charge is 2.09. The molecule has 2 rings (SSSR count).